The van der Waals surface area contributed by atoms with Gasteiger partial charge in [-0.25, -0.2) is 4.39 Å². The van der Waals surface area contributed by atoms with Crippen molar-refractivity contribution in [1.29, 1.82) is 0 Å². The highest BCUT2D eigenvalue weighted by Crippen LogP contribution is 2.33. The fourth-order valence-electron chi connectivity index (χ4n) is 2.06. The number of hydrogen-bond acceptors (Lipinski definition) is 2. The number of benzene rings is 1. The molecule has 1 aromatic carbocycles. The quantitative estimate of drug-likeness (QED) is 0.830. The number of thiocarbonyl (C=S) groups is 1. The third kappa shape index (κ3) is 2.99. The molecule has 0 aromatic heterocycles. The number of rotatable bonds is 5. The monoisotopic (exact) mass is 266 g/mol. The Hall–Kier alpha value is -1.16. The lowest BCUT2D eigenvalue weighted by molar-refractivity contribution is 0.588. The van der Waals surface area contributed by atoms with Gasteiger partial charge in [-0.2, -0.15) is 0 Å². The first-order chi connectivity index (χ1) is 8.49. The van der Waals surface area contributed by atoms with Gasteiger partial charge in [-0.15, -0.1) is 0 Å². The van der Waals surface area contributed by atoms with Gasteiger partial charge in [0.1, 0.15) is 10.8 Å². The van der Waals surface area contributed by atoms with Crippen LogP contribution in [0.3, 0.4) is 0 Å². The molecule has 0 saturated heterocycles. The second-order valence-electron chi connectivity index (χ2n) is 5.22. The molecule has 0 aliphatic heterocycles. The van der Waals surface area contributed by atoms with Gasteiger partial charge in [-0.1, -0.05) is 12.2 Å². The standard InChI is InChI=1S/C14H19FN2S/c1-9(2)17(8-10-3-4-10)13-6-5-11(14(16)18)7-12(13)15/h5-7,9-10H,3-4,8H2,1-2H3,(H2,16,18). The Balaban J connectivity index is 2.26. The van der Waals surface area contributed by atoms with Gasteiger partial charge in [-0.3, -0.25) is 0 Å². The van der Waals surface area contributed by atoms with Crippen LogP contribution in [0.25, 0.3) is 0 Å². The van der Waals surface area contributed by atoms with Crippen molar-refractivity contribution in [3.63, 3.8) is 0 Å². The minimum absolute atomic E-state index is 0.235. The number of halogens is 1. The van der Waals surface area contributed by atoms with Crippen LogP contribution in [-0.2, 0) is 0 Å². The van der Waals surface area contributed by atoms with E-state index in [1.807, 2.05) is 0 Å². The predicted molar refractivity (Wildman–Crippen MR) is 77.5 cm³/mol. The van der Waals surface area contributed by atoms with Crippen molar-refractivity contribution in [3.05, 3.63) is 29.6 Å². The summed E-state index contributed by atoms with van der Waals surface area (Å²) >= 11 is 4.86. The molecule has 0 heterocycles. The molecular formula is C14H19FN2S. The molecule has 0 spiro atoms. The molecule has 18 heavy (non-hydrogen) atoms. The van der Waals surface area contributed by atoms with Gasteiger partial charge in [-0.05, 0) is 50.8 Å². The largest absolute Gasteiger partial charge is 0.389 e. The van der Waals surface area contributed by atoms with E-state index in [-0.39, 0.29) is 16.8 Å². The summed E-state index contributed by atoms with van der Waals surface area (Å²) in [5.41, 5.74) is 6.75. The molecule has 0 atom stereocenters. The molecule has 2 N–H and O–H groups in total. The number of nitrogens with two attached hydrogens (primary N) is 1. The molecule has 0 radical (unpaired) electrons. The first kappa shape index (κ1) is 13.3. The Morgan fingerprint density at radius 1 is 1.50 bits per heavy atom. The Bertz CT molecular complexity index is 455. The van der Waals surface area contributed by atoms with Crippen molar-refractivity contribution >= 4 is 22.9 Å². The SMILES string of the molecule is CC(C)N(CC1CC1)c1ccc(C(N)=S)cc1F. The number of hydrogen-bond donors (Lipinski definition) is 1. The molecule has 1 aliphatic rings. The summed E-state index contributed by atoms with van der Waals surface area (Å²) in [6, 6.07) is 5.30. The van der Waals surface area contributed by atoms with Gasteiger partial charge in [0, 0.05) is 18.2 Å². The van der Waals surface area contributed by atoms with E-state index in [0.717, 1.165) is 12.5 Å². The van der Waals surface area contributed by atoms with Gasteiger partial charge >= 0.3 is 0 Å². The highest BCUT2D eigenvalue weighted by atomic mass is 32.1. The first-order valence-electron chi connectivity index (χ1n) is 6.35. The van der Waals surface area contributed by atoms with Gasteiger partial charge in [0.15, 0.2) is 0 Å². The molecule has 4 heteroatoms. The molecule has 0 unspecified atom stereocenters. The molecule has 0 bridgehead atoms. The van der Waals surface area contributed by atoms with Crippen molar-refractivity contribution in [1.82, 2.24) is 0 Å². The maximum atomic E-state index is 14.1. The Morgan fingerprint density at radius 2 is 2.17 bits per heavy atom. The van der Waals surface area contributed by atoms with Crippen LogP contribution in [0.2, 0.25) is 0 Å². The van der Waals surface area contributed by atoms with E-state index in [4.69, 9.17) is 18.0 Å². The highest BCUT2D eigenvalue weighted by molar-refractivity contribution is 7.80. The highest BCUT2D eigenvalue weighted by Gasteiger charge is 2.26. The van der Waals surface area contributed by atoms with E-state index in [0.29, 0.717) is 11.3 Å². The van der Waals surface area contributed by atoms with Crippen molar-refractivity contribution in [2.24, 2.45) is 11.7 Å². The first-order valence-corrected chi connectivity index (χ1v) is 6.76. The van der Waals surface area contributed by atoms with Crippen LogP contribution in [0.1, 0.15) is 32.3 Å². The van der Waals surface area contributed by atoms with Crippen LogP contribution in [0, 0.1) is 11.7 Å². The second kappa shape index (κ2) is 5.22. The van der Waals surface area contributed by atoms with Crippen molar-refractivity contribution in [2.45, 2.75) is 32.7 Å². The van der Waals surface area contributed by atoms with E-state index in [1.54, 1.807) is 12.1 Å². The summed E-state index contributed by atoms with van der Waals surface area (Å²) in [6.45, 7) is 5.10. The normalized spacial score (nSPS) is 14.9. The fourth-order valence-corrected chi connectivity index (χ4v) is 2.19. The van der Waals surface area contributed by atoms with Gasteiger partial charge < -0.3 is 10.6 Å². The van der Waals surface area contributed by atoms with Crippen molar-refractivity contribution < 1.29 is 4.39 Å². The number of anilines is 1. The molecular weight excluding hydrogens is 247 g/mol. The molecule has 1 aromatic rings. The molecule has 1 saturated carbocycles. The molecule has 1 fully saturated rings. The molecule has 0 amide bonds. The predicted octanol–water partition coefficient (Wildman–Crippen LogP) is 3.08. The van der Waals surface area contributed by atoms with E-state index in [1.165, 1.54) is 18.9 Å². The Labute approximate surface area is 113 Å². The summed E-state index contributed by atoms with van der Waals surface area (Å²) in [4.78, 5) is 2.36. The topological polar surface area (TPSA) is 29.3 Å². The van der Waals surface area contributed by atoms with Crippen LogP contribution < -0.4 is 10.6 Å². The minimum atomic E-state index is -0.241. The van der Waals surface area contributed by atoms with E-state index in [2.05, 4.69) is 18.7 Å². The molecule has 2 nitrogen and oxygen atoms in total. The zero-order valence-corrected chi connectivity index (χ0v) is 11.6. The summed E-state index contributed by atoms with van der Waals surface area (Å²) in [5, 5.41) is 0. The van der Waals surface area contributed by atoms with Crippen LogP contribution >= 0.6 is 12.2 Å². The lowest BCUT2D eigenvalue weighted by Gasteiger charge is -2.29. The van der Waals surface area contributed by atoms with Gasteiger partial charge in [0.05, 0.1) is 5.69 Å². The lowest BCUT2D eigenvalue weighted by Crippen LogP contribution is -2.33. The Kier molecular flexibility index (Phi) is 3.85. The lowest BCUT2D eigenvalue weighted by atomic mass is 10.1. The van der Waals surface area contributed by atoms with Crippen LogP contribution in [0.4, 0.5) is 10.1 Å². The number of nitrogens with zero attached hydrogens (tertiary/aromatic N) is 1. The molecule has 2 rings (SSSR count). The maximum Gasteiger partial charge on any atom is 0.147 e. The van der Waals surface area contributed by atoms with Crippen LogP contribution in [0.15, 0.2) is 18.2 Å². The van der Waals surface area contributed by atoms with Crippen LogP contribution in [0.5, 0.6) is 0 Å². The van der Waals surface area contributed by atoms with E-state index >= 15 is 0 Å². The van der Waals surface area contributed by atoms with Gasteiger partial charge in [0.25, 0.3) is 0 Å². The molecule has 98 valence electrons. The molecule has 1 aliphatic carbocycles. The van der Waals surface area contributed by atoms with Gasteiger partial charge in [0.2, 0.25) is 0 Å². The summed E-state index contributed by atoms with van der Waals surface area (Å²) < 4.78 is 14.1. The minimum Gasteiger partial charge on any atom is -0.389 e. The summed E-state index contributed by atoms with van der Waals surface area (Å²) in [6.07, 6.45) is 2.52. The Morgan fingerprint density at radius 3 is 2.61 bits per heavy atom. The zero-order chi connectivity index (χ0) is 13.3. The van der Waals surface area contributed by atoms with Crippen LogP contribution in [-0.4, -0.2) is 17.6 Å². The van der Waals surface area contributed by atoms with Crippen molar-refractivity contribution in [2.75, 3.05) is 11.4 Å². The van der Waals surface area contributed by atoms with E-state index < -0.39 is 0 Å². The zero-order valence-electron chi connectivity index (χ0n) is 10.8. The van der Waals surface area contributed by atoms with Crippen molar-refractivity contribution in [3.8, 4) is 0 Å². The van der Waals surface area contributed by atoms with E-state index in [9.17, 15) is 4.39 Å². The average Bonchev–Trinajstić information content (AvgIpc) is 3.09. The summed E-state index contributed by atoms with van der Waals surface area (Å²) in [7, 11) is 0. The third-order valence-corrected chi connectivity index (χ3v) is 3.55. The average molecular weight is 266 g/mol. The smallest absolute Gasteiger partial charge is 0.147 e. The second-order valence-corrected chi connectivity index (χ2v) is 5.66. The summed E-state index contributed by atoms with van der Waals surface area (Å²) in [5.74, 6) is 0.483. The fraction of sp³-hybridized carbons (Fsp3) is 0.500. The maximum absolute atomic E-state index is 14.1. The third-order valence-electron chi connectivity index (χ3n) is 3.32.